The summed E-state index contributed by atoms with van der Waals surface area (Å²) in [7, 11) is 25.8. The minimum atomic E-state index is 0.279. The van der Waals surface area contributed by atoms with Crippen molar-refractivity contribution in [1.82, 2.24) is 135 Å². The molecule has 54 nitrogen and oxygen atoms in total. The molecule has 0 atom stereocenters. The zero-order chi connectivity index (χ0) is 86.9. The van der Waals surface area contributed by atoms with Crippen molar-refractivity contribution in [3.8, 4) is 0 Å². The van der Waals surface area contributed by atoms with Crippen LogP contribution in [-0.4, -0.2) is 213 Å². The summed E-state index contributed by atoms with van der Waals surface area (Å²) in [5.41, 5.74) is 29.5. The molecule has 0 aliphatic heterocycles. The molecular weight excluding hydrogens is 1590 g/mol. The van der Waals surface area contributed by atoms with Crippen molar-refractivity contribution in [2.75, 3.05) is 172 Å². The molecule has 0 unspecified atom stereocenters. The van der Waals surface area contributed by atoms with E-state index in [0.717, 1.165) is 57.1 Å². The highest BCUT2D eigenvalue weighted by Crippen LogP contribution is 2.27. The van der Waals surface area contributed by atoms with Crippen molar-refractivity contribution in [3.63, 3.8) is 0 Å². The number of aromatic amines is 6. The highest BCUT2D eigenvalue weighted by Gasteiger charge is 2.17. The zero-order valence-electron chi connectivity index (χ0n) is 68.1. The summed E-state index contributed by atoms with van der Waals surface area (Å²) in [6.45, 7) is 0. The topological polar surface area (TPSA) is 680 Å². The number of furan rings is 9. The molecule has 0 saturated heterocycles. The molecule has 18 heterocycles. The minimum absolute atomic E-state index is 0.279. The summed E-state index contributed by atoms with van der Waals surface area (Å²) in [6.07, 6.45) is 28.7. The van der Waals surface area contributed by atoms with Crippen LogP contribution in [0.3, 0.4) is 0 Å². The second-order valence-electron chi connectivity index (χ2n) is 24.7. The van der Waals surface area contributed by atoms with Gasteiger partial charge in [-0.25, -0.2) is 30.6 Å². The number of rotatable bonds is 23. The smallest absolute Gasteiger partial charge is 0.250 e. The number of anilines is 27. The number of nitrogen functional groups attached to an aromatic ring is 4. The van der Waals surface area contributed by atoms with Crippen LogP contribution in [0.15, 0.2) is 207 Å². The van der Waals surface area contributed by atoms with E-state index in [4.69, 9.17) is 62.7 Å². The molecule has 0 saturated carbocycles. The number of hydrogen-bond donors (Lipinski definition) is 18. The van der Waals surface area contributed by atoms with Crippen LogP contribution in [0.4, 0.5) is 158 Å². The van der Waals surface area contributed by atoms with Crippen LogP contribution >= 0.6 is 0 Å². The van der Waals surface area contributed by atoms with Crippen molar-refractivity contribution < 1.29 is 39.8 Å². The fraction of sp³-hybridized carbons (Fsp3) is 0.206. The van der Waals surface area contributed by atoms with Crippen LogP contribution in [0.5, 0.6) is 0 Å². The molecule has 0 aliphatic rings. The maximum Gasteiger partial charge on any atom is 0.250 e. The molecule has 0 bridgehead atoms. The molecule has 642 valence electrons. The van der Waals surface area contributed by atoms with Gasteiger partial charge in [-0.05, 0) is 30.3 Å². The van der Waals surface area contributed by atoms with E-state index in [9.17, 15) is 0 Å². The fourth-order valence-corrected chi connectivity index (χ4v) is 9.20. The van der Waals surface area contributed by atoms with E-state index in [1.54, 1.807) is 186 Å². The largest absolute Gasteiger partial charge is 0.470 e. The first-order valence-corrected chi connectivity index (χ1v) is 35.6. The Hall–Kier alpha value is -17.8. The predicted molar refractivity (Wildman–Crippen MR) is 453 cm³/mol. The van der Waals surface area contributed by atoms with Crippen molar-refractivity contribution in [3.05, 3.63) is 167 Å². The Labute approximate surface area is 691 Å². The van der Waals surface area contributed by atoms with Gasteiger partial charge in [0, 0.05) is 123 Å². The van der Waals surface area contributed by atoms with E-state index in [1.807, 2.05) is 123 Å². The van der Waals surface area contributed by atoms with Gasteiger partial charge in [0.05, 0.1) is 108 Å². The van der Waals surface area contributed by atoms with Crippen LogP contribution < -0.4 is 94.9 Å². The summed E-state index contributed by atoms with van der Waals surface area (Å²) in [5, 5.41) is 86.4. The van der Waals surface area contributed by atoms with E-state index in [1.165, 1.54) is 0 Å². The minimum Gasteiger partial charge on any atom is -0.470 e. The lowest BCUT2D eigenvalue weighted by molar-refractivity contribution is 0.567. The highest BCUT2D eigenvalue weighted by atomic mass is 16.3. The lowest BCUT2D eigenvalue weighted by atomic mass is 10.5. The van der Waals surface area contributed by atoms with Crippen LogP contribution in [0, 0.1) is 0 Å². The van der Waals surface area contributed by atoms with E-state index in [-0.39, 0.29) is 5.95 Å². The van der Waals surface area contributed by atoms with Gasteiger partial charge >= 0.3 is 0 Å². The van der Waals surface area contributed by atoms with Crippen LogP contribution in [0.2, 0.25) is 0 Å². The summed E-state index contributed by atoms with van der Waals surface area (Å²) < 4.78 is 49.5. The Balaban J connectivity index is 0.000000144. The van der Waals surface area contributed by atoms with Crippen molar-refractivity contribution in [2.24, 2.45) is 21.1 Å². The molecule has 18 aromatic rings. The number of nitrogens with zero attached hydrogens (tertiary/aromatic N) is 27. The van der Waals surface area contributed by atoms with Crippen LogP contribution in [-0.2, 0) is 21.1 Å². The SMILES string of the molecule is CN(C)c1n[nH]c(Nc2ccoc2)n1.CN(C)c1nnc(Nc2ccoc2)n1C.CN(c1ccoc1)c1n[nH]c(N)n1.CN(c1ccoc1)c1nnc(N)n1C.CNc1n[nH]c(Nc2ccoc2)n1.CNc1nc(N(C)c2ccoc2)n[nH]1.CNc1nc(N(C)c2ccoc2)n[nH]1.Cn1c(N)nnc1Nc1ccoc1.Nc1nc(Nc2ccoc2)n[nH]1. The normalized spacial score (nSPS) is 10.2. The second kappa shape index (κ2) is 43.1. The zero-order valence-corrected chi connectivity index (χ0v) is 68.1. The molecular formula is C68H91N45O9. The molecule has 122 heavy (non-hydrogen) atoms. The highest BCUT2D eigenvalue weighted by molar-refractivity contribution is 5.60. The molecule has 22 N–H and O–H groups in total. The van der Waals surface area contributed by atoms with Gasteiger partial charge in [0.25, 0.3) is 17.8 Å². The van der Waals surface area contributed by atoms with E-state index in [2.05, 4.69) is 164 Å². The van der Waals surface area contributed by atoms with Gasteiger partial charge in [-0.15, -0.1) is 61.2 Å². The van der Waals surface area contributed by atoms with Crippen molar-refractivity contribution in [1.29, 1.82) is 0 Å². The fourth-order valence-electron chi connectivity index (χ4n) is 9.20. The van der Waals surface area contributed by atoms with Gasteiger partial charge in [0.1, 0.15) is 56.4 Å². The third-order valence-corrected chi connectivity index (χ3v) is 15.7. The number of aromatic nitrogens is 27. The van der Waals surface area contributed by atoms with Crippen LogP contribution in [0.1, 0.15) is 0 Å². The molecule has 0 amide bonds. The summed E-state index contributed by atoms with van der Waals surface area (Å²) >= 11 is 0. The molecule has 0 radical (unpaired) electrons. The first kappa shape index (κ1) is 86.6. The van der Waals surface area contributed by atoms with E-state index >= 15 is 0 Å². The summed E-state index contributed by atoms with van der Waals surface area (Å²) in [5.74, 6) is 9.80. The Morgan fingerprint density at radius 1 is 0.295 bits per heavy atom. The van der Waals surface area contributed by atoms with Crippen molar-refractivity contribution >= 4 is 158 Å². The third-order valence-electron chi connectivity index (χ3n) is 15.7. The van der Waals surface area contributed by atoms with E-state index in [0.29, 0.717) is 95.2 Å². The first-order valence-electron chi connectivity index (χ1n) is 35.6. The molecule has 0 spiro atoms. The summed E-state index contributed by atoms with van der Waals surface area (Å²) in [6, 6.07) is 16.3. The average molecular weight is 1680 g/mol. The lowest BCUT2D eigenvalue weighted by Crippen LogP contribution is -2.14. The molecule has 54 heteroatoms. The van der Waals surface area contributed by atoms with Gasteiger partial charge in [-0.3, -0.25) is 13.7 Å². The first-order chi connectivity index (χ1) is 59.0. The van der Waals surface area contributed by atoms with Gasteiger partial charge in [-0.1, -0.05) is 0 Å². The Morgan fingerprint density at radius 2 is 0.639 bits per heavy atom. The van der Waals surface area contributed by atoms with Gasteiger partial charge < -0.3 is 135 Å². The molecule has 0 aliphatic carbocycles. The van der Waals surface area contributed by atoms with E-state index < -0.39 is 0 Å². The predicted octanol–water partition coefficient (Wildman–Crippen LogP) is 8.99. The number of nitrogens with two attached hydrogens (primary N) is 4. The van der Waals surface area contributed by atoms with Gasteiger partial charge in [-0.2, -0.15) is 29.9 Å². The third kappa shape index (κ3) is 25.1. The lowest BCUT2D eigenvalue weighted by Gasteiger charge is -2.14. The summed E-state index contributed by atoms with van der Waals surface area (Å²) in [4.78, 5) is 35.4. The number of H-pyrrole nitrogens is 6. The Bertz CT molecular complexity index is 5670. The molecule has 18 rings (SSSR count). The Morgan fingerprint density at radius 3 is 0.984 bits per heavy atom. The van der Waals surface area contributed by atoms with Crippen LogP contribution in [0.25, 0.3) is 0 Å². The number of hydrogen-bond acceptors (Lipinski definition) is 45. The number of nitrogens with one attached hydrogen (secondary N) is 14. The van der Waals surface area contributed by atoms with Gasteiger partial charge in [0.15, 0.2) is 0 Å². The average Bonchev–Trinajstić information content (AvgIpc) is 1.69. The molecule has 18 aromatic heterocycles. The molecule has 0 aromatic carbocycles. The second-order valence-corrected chi connectivity index (χ2v) is 24.7. The van der Waals surface area contributed by atoms with Crippen molar-refractivity contribution in [2.45, 2.75) is 0 Å². The maximum atomic E-state index is 5.57. The standard InChI is InChI=1S/C9H13N5O.4C8H11N5O.3C7H9N5O.C6H7N5O/c1-13(2)9-12-11-8(14(9)3)10-7-4-5-15-6-7;1-12(6-3-4-14-5-6)8-11-10-7(9)13(8)2;1-13(2)8-10-7(11-12-8)9-6-3-4-14-5-6;2*1-9-7-10-8(12-11-7)13(2)6-3-4-14-5-6;1-12(5-2-3-13-4-5)7-9-6(8)10-11-7;1-12-6(8)10-11-7(12)9-5-2-3-13-4-5;1-8-6-10-7(12-11-6)9-5-2-3-13-4-5;7-5-9-6(11-10-5)8-4-1-2-12-3-4/h4-6H,1-3H3,(H,10,11);3-5H,1-2H3,(H2,9,10);3*3-5H,1-2H3,(H2,9,10,11,12);2-4H,1H3,(H3,8,9,10,11);2-4H,1H3,(H2,8,10)(H,9,11);2-4H,1H3,(H3,8,9,10,11,12);1-3H,(H4,7,8,9,10,11). The molecule has 0 fully saturated rings. The van der Waals surface area contributed by atoms with Gasteiger partial charge in [0.2, 0.25) is 89.2 Å². The Kier molecular flexibility index (Phi) is 30.6. The quantitative estimate of drug-likeness (QED) is 0.0284. The monoisotopic (exact) mass is 1680 g/mol. The maximum absolute atomic E-state index is 5.57.